The summed E-state index contributed by atoms with van der Waals surface area (Å²) in [6.07, 6.45) is 0. The highest BCUT2D eigenvalue weighted by molar-refractivity contribution is 7.89. The molecule has 1 aliphatic rings. The SMILES string of the molecule is CCS(=O)(=O)NC[C@@H](c1ccc(N(C)C)cc1)[NH+]1CC[NH+](C)CC1. The summed E-state index contributed by atoms with van der Waals surface area (Å²) in [5.41, 5.74) is 2.36. The van der Waals surface area contributed by atoms with Crippen molar-refractivity contribution < 1.29 is 18.2 Å². The maximum Gasteiger partial charge on any atom is 0.211 e. The van der Waals surface area contributed by atoms with Gasteiger partial charge in [0, 0.05) is 25.3 Å². The molecule has 1 heterocycles. The summed E-state index contributed by atoms with van der Waals surface area (Å²) in [7, 11) is 3.10. The molecule has 1 saturated heterocycles. The first kappa shape index (κ1) is 19.2. The van der Waals surface area contributed by atoms with Crippen LogP contribution in [0.5, 0.6) is 0 Å². The number of hydrogen-bond acceptors (Lipinski definition) is 3. The molecule has 1 atom stereocenters. The molecule has 0 radical (unpaired) electrons. The zero-order valence-corrected chi connectivity index (χ0v) is 16.1. The molecule has 0 amide bonds. The molecule has 1 fully saturated rings. The van der Waals surface area contributed by atoms with Crippen LogP contribution in [-0.2, 0) is 10.0 Å². The number of sulfonamides is 1. The van der Waals surface area contributed by atoms with E-state index in [4.69, 9.17) is 0 Å². The highest BCUT2D eigenvalue weighted by Crippen LogP contribution is 2.16. The molecule has 136 valence electrons. The summed E-state index contributed by atoms with van der Waals surface area (Å²) in [5.74, 6) is 0.126. The van der Waals surface area contributed by atoms with Crippen molar-refractivity contribution in [3.05, 3.63) is 29.8 Å². The van der Waals surface area contributed by atoms with Crippen LogP contribution in [0.15, 0.2) is 24.3 Å². The summed E-state index contributed by atoms with van der Waals surface area (Å²) < 4.78 is 26.6. The first-order chi connectivity index (χ1) is 11.3. The first-order valence-electron chi connectivity index (χ1n) is 8.73. The lowest BCUT2D eigenvalue weighted by atomic mass is 10.0. The summed E-state index contributed by atoms with van der Waals surface area (Å²) in [6, 6.07) is 8.65. The van der Waals surface area contributed by atoms with Gasteiger partial charge in [-0.3, -0.25) is 0 Å². The number of nitrogens with one attached hydrogen (secondary N) is 3. The van der Waals surface area contributed by atoms with Crippen molar-refractivity contribution in [2.24, 2.45) is 0 Å². The molecule has 3 N–H and O–H groups in total. The number of hydrogen-bond donors (Lipinski definition) is 3. The smallest absolute Gasteiger partial charge is 0.211 e. The number of quaternary nitrogens is 2. The highest BCUT2D eigenvalue weighted by atomic mass is 32.2. The predicted octanol–water partition coefficient (Wildman–Crippen LogP) is -1.85. The number of likely N-dealkylation sites (N-methyl/N-ethyl adjacent to an activating group) is 1. The van der Waals surface area contributed by atoms with Crippen molar-refractivity contribution in [2.45, 2.75) is 13.0 Å². The van der Waals surface area contributed by atoms with Crippen molar-refractivity contribution in [3.63, 3.8) is 0 Å². The average Bonchev–Trinajstić information content (AvgIpc) is 2.57. The topological polar surface area (TPSA) is 58.3 Å². The van der Waals surface area contributed by atoms with E-state index in [9.17, 15) is 8.42 Å². The van der Waals surface area contributed by atoms with Crippen molar-refractivity contribution in [1.29, 1.82) is 0 Å². The zero-order valence-electron chi connectivity index (χ0n) is 15.3. The molecule has 0 unspecified atom stereocenters. The number of nitrogens with zero attached hydrogens (tertiary/aromatic N) is 1. The second-order valence-corrected chi connectivity index (χ2v) is 9.00. The average molecular weight is 357 g/mol. The Labute approximate surface area is 146 Å². The number of rotatable bonds is 7. The number of anilines is 1. The monoisotopic (exact) mass is 356 g/mol. The minimum absolute atomic E-state index is 0.126. The zero-order chi connectivity index (χ0) is 17.7. The van der Waals surface area contributed by atoms with Gasteiger partial charge in [-0.15, -0.1) is 0 Å². The summed E-state index contributed by atoms with van der Waals surface area (Å²) >= 11 is 0. The van der Waals surface area contributed by atoms with Crippen molar-refractivity contribution in [2.75, 3.05) is 64.5 Å². The van der Waals surface area contributed by atoms with Crippen LogP contribution in [0.1, 0.15) is 18.5 Å². The molecule has 0 spiro atoms. The Morgan fingerprint density at radius 2 is 1.71 bits per heavy atom. The summed E-state index contributed by atoms with van der Waals surface area (Å²) in [6.45, 7) is 6.53. The van der Waals surface area contributed by atoms with Crippen LogP contribution in [0.3, 0.4) is 0 Å². The Bertz CT molecular complexity index is 608. The lowest BCUT2D eigenvalue weighted by molar-refractivity contribution is -1.02. The maximum absolute atomic E-state index is 11.9. The van der Waals surface area contributed by atoms with E-state index in [0.717, 1.165) is 31.9 Å². The van der Waals surface area contributed by atoms with Gasteiger partial charge in [0.25, 0.3) is 0 Å². The third-order valence-electron chi connectivity index (χ3n) is 4.94. The minimum Gasteiger partial charge on any atom is -0.378 e. The Kier molecular flexibility index (Phi) is 6.62. The lowest BCUT2D eigenvalue weighted by Crippen LogP contribution is -3.27. The molecule has 1 aliphatic heterocycles. The first-order valence-corrected chi connectivity index (χ1v) is 10.4. The fraction of sp³-hybridized carbons (Fsp3) is 0.647. The van der Waals surface area contributed by atoms with Crippen LogP contribution < -0.4 is 19.4 Å². The molecule has 6 nitrogen and oxygen atoms in total. The van der Waals surface area contributed by atoms with Gasteiger partial charge in [0.05, 0.1) is 19.3 Å². The van der Waals surface area contributed by atoms with Gasteiger partial charge in [0.2, 0.25) is 10.0 Å². The standard InChI is InChI=1S/C17H30N4O2S/c1-5-24(22,23)18-14-17(21-12-10-20(4)11-13-21)15-6-8-16(9-7-15)19(2)3/h6-9,17-18H,5,10-14H2,1-4H3/p+2/t17-/m0/s1. The van der Waals surface area contributed by atoms with Crippen molar-refractivity contribution in [1.82, 2.24) is 4.72 Å². The van der Waals surface area contributed by atoms with Crippen LogP contribution in [0.2, 0.25) is 0 Å². The van der Waals surface area contributed by atoms with Gasteiger partial charge in [-0.2, -0.15) is 0 Å². The second-order valence-electron chi connectivity index (χ2n) is 6.91. The molecule has 1 aromatic carbocycles. The quantitative estimate of drug-likeness (QED) is 0.537. The molecule has 0 aliphatic carbocycles. The molecule has 7 heteroatoms. The van der Waals surface area contributed by atoms with Gasteiger partial charge in [0.1, 0.15) is 32.2 Å². The van der Waals surface area contributed by atoms with Gasteiger partial charge in [0.15, 0.2) is 0 Å². The Hall–Kier alpha value is -1.15. The van der Waals surface area contributed by atoms with Crippen LogP contribution in [0.25, 0.3) is 0 Å². The molecular formula is C17H32N4O2S+2. The van der Waals surface area contributed by atoms with E-state index >= 15 is 0 Å². The highest BCUT2D eigenvalue weighted by Gasteiger charge is 2.30. The van der Waals surface area contributed by atoms with Crippen LogP contribution >= 0.6 is 0 Å². The van der Waals surface area contributed by atoms with Gasteiger partial charge < -0.3 is 14.7 Å². The van der Waals surface area contributed by atoms with E-state index in [2.05, 4.69) is 40.9 Å². The van der Waals surface area contributed by atoms with Gasteiger partial charge in [-0.25, -0.2) is 13.1 Å². The van der Waals surface area contributed by atoms with Gasteiger partial charge in [-0.1, -0.05) is 12.1 Å². The molecule has 1 aromatic rings. The van der Waals surface area contributed by atoms with E-state index < -0.39 is 10.0 Å². The molecular weight excluding hydrogens is 324 g/mol. The van der Waals surface area contributed by atoms with Crippen LogP contribution in [-0.4, -0.2) is 68.0 Å². The molecule has 0 bridgehead atoms. The fourth-order valence-electron chi connectivity index (χ4n) is 3.16. The lowest BCUT2D eigenvalue weighted by Gasteiger charge is -2.33. The van der Waals surface area contributed by atoms with Crippen LogP contribution in [0, 0.1) is 0 Å². The molecule has 0 saturated carbocycles. The number of piperazine rings is 1. The summed E-state index contributed by atoms with van der Waals surface area (Å²) in [5, 5.41) is 0. The molecule has 24 heavy (non-hydrogen) atoms. The fourth-order valence-corrected chi connectivity index (χ4v) is 3.79. The van der Waals surface area contributed by atoms with Crippen LogP contribution in [0.4, 0.5) is 5.69 Å². The molecule has 0 aromatic heterocycles. The third kappa shape index (κ3) is 5.17. The third-order valence-corrected chi connectivity index (χ3v) is 6.30. The van der Waals surface area contributed by atoms with E-state index in [1.165, 1.54) is 10.5 Å². The van der Waals surface area contributed by atoms with E-state index in [0.29, 0.717) is 6.54 Å². The summed E-state index contributed by atoms with van der Waals surface area (Å²) in [4.78, 5) is 5.09. The van der Waals surface area contributed by atoms with Gasteiger partial charge in [-0.05, 0) is 19.1 Å². The Balaban J connectivity index is 2.18. The second kappa shape index (κ2) is 8.29. The van der Waals surface area contributed by atoms with Crippen molar-refractivity contribution >= 4 is 15.7 Å². The van der Waals surface area contributed by atoms with E-state index in [-0.39, 0.29) is 11.8 Å². The van der Waals surface area contributed by atoms with E-state index in [1.807, 2.05) is 14.1 Å². The van der Waals surface area contributed by atoms with E-state index in [1.54, 1.807) is 11.8 Å². The van der Waals surface area contributed by atoms with Gasteiger partial charge >= 0.3 is 0 Å². The normalized spacial score (nSPS) is 23.0. The van der Waals surface area contributed by atoms with Crippen molar-refractivity contribution in [3.8, 4) is 0 Å². The minimum atomic E-state index is -3.17. The largest absolute Gasteiger partial charge is 0.378 e. The Morgan fingerprint density at radius 3 is 2.21 bits per heavy atom. The molecule has 2 rings (SSSR count). The predicted molar refractivity (Wildman–Crippen MR) is 98.3 cm³/mol. The Morgan fingerprint density at radius 1 is 1.12 bits per heavy atom. The maximum atomic E-state index is 11.9. The number of benzene rings is 1.